The lowest BCUT2D eigenvalue weighted by atomic mass is 10.1. The summed E-state index contributed by atoms with van der Waals surface area (Å²) >= 11 is 5.89. The van der Waals surface area contributed by atoms with Gasteiger partial charge < -0.3 is 15.8 Å². The van der Waals surface area contributed by atoms with Crippen molar-refractivity contribution in [2.45, 2.75) is 31.8 Å². The smallest absolute Gasteiger partial charge is 0.226 e. The Morgan fingerprint density at radius 1 is 1.50 bits per heavy atom. The summed E-state index contributed by atoms with van der Waals surface area (Å²) in [6, 6.07) is 5.06. The topological polar surface area (TPSA) is 64.3 Å². The van der Waals surface area contributed by atoms with Crippen LogP contribution in [0.4, 0.5) is 11.4 Å². The van der Waals surface area contributed by atoms with Crippen molar-refractivity contribution in [3.63, 3.8) is 0 Å². The molecule has 0 spiro atoms. The van der Waals surface area contributed by atoms with Crippen molar-refractivity contribution >= 4 is 28.9 Å². The van der Waals surface area contributed by atoms with Crippen LogP contribution in [0.5, 0.6) is 0 Å². The van der Waals surface area contributed by atoms with E-state index in [1.807, 2.05) is 0 Å². The predicted octanol–water partition coefficient (Wildman–Crippen LogP) is 2.82. The van der Waals surface area contributed by atoms with E-state index in [4.69, 9.17) is 22.1 Å². The molecule has 1 unspecified atom stereocenters. The molecule has 1 heterocycles. The van der Waals surface area contributed by atoms with Crippen LogP contribution in [0, 0.1) is 0 Å². The molecule has 2 rings (SSSR count). The number of nitrogens with one attached hydrogen (secondary N) is 1. The molecule has 0 aliphatic carbocycles. The zero-order chi connectivity index (χ0) is 13.0. The van der Waals surface area contributed by atoms with E-state index in [1.165, 1.54) is 0 Å². The second kappa shape index (κ2) is 6.07. The molecule has 1 aliphatic rings. The number of anilines is 2. The molecule has 0 aromatic heterocycles. The van der Waals surface area contributed by atoms with E-state index in [9.17, 15) is 4.79 Å². The minimum Gasteiger partial charge on any atom is -0.398 e. The maximum atomic E-state index is 11.8. The van der Waals surface area contributed by atoms with Crippen molar-refractivity contribution in [3.05, 3.63) is 23.2 Å². The number of hydrogen-bond donors (Lipinski definition) is 2. The largest absolute Gasteiger partial charge is 0.398 e. The Morgan fingerprint density at radius 2 is 2.33 bits per heavy atom. The number of ether oxygens (including phenoxy) is 1. The van der Waals surface area contributed by atoms with E-state index in [-0.39, 0.29) is 12.0 Å². The molecule has 1 atom stereocenters. The van der Waals surface area contributed by atoms with Gasteiger partial charge in [-0.25, -0.2) is 0 Å². The standard InChI is InChI=1S/C13H17ClN2O2/c14-11-7-9(4-5-12(11)15)16-13(17)8-10-3-1-2-6-18-10/h4-5,7,10H,1-3,6,8,15H2,(H,16,17). The molecule has 0 radical (unpaired) electrons. The first-order valence-electron chi connectivity index (χ1n) is 6.11. The van der Waals surface area contributed by atoms with Crippen LogP contribution < -0.4 is 11.1 Å². The highest BCUT2D eigenvalue weighted by atomic mass is 35.5. The number of benzene rings is 1. The van der Waals surface area contributed by atoms with E-state index < -0.39 is 0 Å². The van der Waals surface area contributed by atoms with E-state index in [0.717, 1.165) is 25.9 Å². The van der Waals surface area contributed by atoms with Gasteiger partial charge in [-0.2, -0.15) is 0 Å². The van der Waals surface area contributed by atoms with E-state index in [0.29, 0.717) is 22.8 Å². The Kier molecular flexibility index (Phi) is 4.44. The van der Waals surface area contributed by atoms with Crippen LogP contribution in [0.3, 0.4) is 0 Å². The van der Waals surface area contributed by atoms with Crippen molar-refractivity contribution in [2.24, 2.45) is 0 Å². The van der Waals surface area contributed by atoms with Gasteiger partial charge in [-0.15, -0.1) is 0 Å². The Labute approximate surface area is 111 Å². The highest BCUT2D eigenvalue weighted by Crippen LogP contribution is 2.23. The second-order valence-corrected chi connectivity index (χ2v) is 4.88. The molecule has 1 saturated heterocycles. The molecule has 18 heavy (non-hydrogen) atoms. The van der Waals surface area contributed by atoms with Crippen LogP contribution >= 0.6 is 11.6 Å². The van der Waals surface area contributed by atoms with Crippen molar-refractivity contribution in [3.8, 4) is 0 Å². The molecular weight excluding hydrogens is 252 g/mol. The lowest BCUT2D eigenvalue weighted by molar-refractivity contribution is -0.119. The molecule has 1 fully saturated rings. The Morgan fingerprint density at radius 3 is 3.00 bits per heavy atom. The number of nitrogen functional groups attached to an aromatic ring is 1. The molecule has 1 aromatic rings. The predicted molar refractivity (Wildman–Crippen MR) is 72.7 cm³/mol. The maximum absolute atomic E-state index is 11.8. The molecule has 1 amide bonds. The summed E-state index contributed by atoms with van der Waals surface area (Å²) in [5.74, 6) is -0.0530. The van der Waals surface area contributed by atoms with Crippen molar-refractivity contribution in [1.82, 2.24) is 0 Å². The van der Waals surface area contributed by atoms with Crippen LogP contribution in [-0.4, -0.2) is 18.6 Å². The highest BCUT2D eigenvalue weighted by molar-refractivity contribution is 6.33. The summed E-state index contributed by atoms with van der Waals surface area (Å²) in [6.45, 7) is 0.756. The molecule has 1 aliphatic heterocycles. The monoisotopic (exact) mass is 268 g/mol. The van der Waals surface area contributed by atoms with E-state index in [2.05, 4.69) is 5.32 Å². The third kappa shape index (κ3) is 3.62. The Hall–Kier alpha value is -1.26. The van der Waals surface area contributed by atoms with Crippen LogP contribution in [0.25, 0.3) is 0 Å². The molecule has 3 N–H and O–H groups in total. The number of nitrogens with two attached hydrogens (primary N) is 1. The summed E-state index contributed by atoms with van der Waals surface area (Å²) < 4.78 is 5.52. The Balaban J connectivity index is 1.88. The van der Waals surface area contributed by atoms with Crippen LogP contribution in [0.15, 0.2) is 18.2 Å². The van der Waals surface area contributed by atoms with Gasteiger partial charge in [0, 0.05) is 12.3 Å². The number of carbonyl (C=O) groups is 1. The van der Waals surface area contributed by atoms with Gasteiger partial charge in [-0.1, -0.05) is 11.6 Å². The third-order valence-corrected chi connectivity index (χ3v) is 3.30. The summed E-state index contributed by atoms with van der Waals surface area (Å²) in [6.07, 6.45) is 3.61. The summed E-state index contributed by atoms with van der Waals surface area (Å²) in [7, 11) is 0. The van der Waals surface area contributed by atoms with Gasteiger partial charge in [0.25, 0.3) is 0 Å². The average Bonchev–Trinajstić information content (AvgIpc) is 2.35. The normalized spacial score (nSPS) is 19.5. The Bertz CT molecular complexity index is 431. The van der Waals surface area contributed by atoms with Gasteiger partial charge in [0.15, 0.2) is 0 Å². The van der Waals surface area contributed by atoms with Crippen molar-refractivity contribution in [1.29, 1.82) is 0 Å². The third-order valence-electron chi connectivity index (χ3n) is 2.97. The molecule has 0 bridgehead atoms. The fourth-order valence-corrected chi connectivity index (χ4v) is 2.17. The molecule has 98 valence electrons. The second-order valence-electron chi connectivity index (χ2n) is 4.48. The number of hydrogen-bond acceptors (Lipinski definition) is 3. The number of rotatable bonds is 3. The summed E-state index contributed by atoms with van der Waals surface area (Å²) in [5.41, 5.74) is 6.77. The SMILES string of the molecule is Nc1ccc(NC(=O)CC2CCCCO2)cc1Cl. The quantitative estimate of drug-likeness (QED) is 0.829. The highest BCUT2D eigenvalue weighted by Gasteiger charge is 2.17. The van der Waals surface area contributed by atoms with Gasteiger partial charge in [0.05, 0.1) is 23.2 Å². The van der Waals surface area contributed by atoms with Gasteiger partial charge >= 0.3 is 0 Å². The molecule has 4 nitrogen and oxygen atoms in total. The van der Waals surface area contributed by atoms with E-state index in [1.54, 1.807) is 18.2 Å². The molecule has 1 aromatic carbocycles. The van der Waals surface area contributed by atoms with Gasteiger partial charge in [0.1, 0.15) is 0 Å². The fourth-order valence-electron chi connectivity index (χ4n) is 1.99. The number of carbonyl (C=O) groups excluding carboxylic acids is 1. The van der Waals surface area contributed by atoms with Crippen LogP contribution in [0.2, 0.25) is 5.02 Å². The lowest BCUT2D eigenvalue weighted by Crippen LogP contribution is -2.25. The van der Waals surface area contributed by atoms with Crippen molar-refractivity contribution < 1.29 is 9.53 Å². The number of halogens is 1. The molecule has 5 heteroatoms. The van der Waals surface area contributed by atoms with Crippen molar-refractivity contribution in [2.75, 3.05) is 17.7 Å². The zero-order valence-corrected chi connectivity index (χ0v) is 10.9. The van der Waals surface area contributed by atoms with Gasteiger partial charge in [-0.05, 0) is 37.5 Å². The lowest BCUT2D eigenvalue weighted by Gasteiger charge is -2.21. The number of amides is 1. The minimum atomic E-state index is -0.0530. The first-order valence-corrected chi connectivity index (χ1v) is 6.49. The molecule has 0 saturated carbocycles. The first kappa shape index (κ1) is 13.2. The maximum Gasteiger partial charge on any atom is 0.226 e. The zero-order valence-electron chi connectivity index (χ0n) is 10.1. The van der Waals surface area contributed by atoms with E-state index >= 15 is 0 Å². The summed E-state index contributed by atoms with van der Waals surface area (Å²) in [4.78, 5) is 11.8. The summed E-state index contributed by atoms with van der Waals surface area (Å²) in [5, 5.41) is 3.24. The van der Waals surface area contributed by atoms with Gasteiger partial charge in [-0.3, -0.25) is 4.79 Å². The average molecular weight is 269 g/mol. The van der Waals surface area contributed by atoms with Gasteiger partial charge in [0.2, 0.25) is 5.91 Å². The molecular formula is C13H17ClN2O2. The minimum absolute atomic E-state index is 0.0444. The van der Waals surface area contributed by atoms with Crippen LogP contribution in [0.1, 0.15) is 25.7 Å². The fraction of sp³-hybridized carbons (Fsp3) is 0.462. The first-order chi connectivity index (χ1) is 8.65. The van der Waals surface area contributed by atoms with Crippen LogP contribution in [-0.2, 0) is 9.53 Å².